The van der Waals surface area contributed by atoms with Crippen LogP contribution in [-0.4, -0.2) is 43.8 Å². The number of hydrogen-bond acceptors (Lipinski definition) is 4. The molecular formula is C30H34ClN3O4S. The van der Waals surface area contributed by atoms with Crippen LogP contribution in [0, 0.1) is 6.92 Å². The summed E-state index contributed by atoms with van der Waals surface area (Å²) in [4.78, 5) is 28.8. The molecule has 206 valence electrons. The fourth-order valence-corrected chi connectivity index (χ4v) is 6.61. The molecule has 4 rings (SSSR count). The second kappa shape index (κ2) is 12.7. The molecule has 7 nitrogen and oxygen atoms in total. The summed E-state index contributed by atoms with van der Waals surface area (Å²) in [7, 11) is -4.11. The van der Waals surface area contributed by atoms with Crippen LogP contribution >= 0.6 is 11.6 Å². The van der Waals surface area contributed by atoms with Crippen molar-refractivity contribution >= 4 is 39.1 Å². The highest BCUT2D eigenvalue weighted by atomic mass is 35.5. The van der Waals surface area contributed by atoms with Gasteiger partial charge in [0.2, 0.25) is 11.8 Å². The first-order valence-corrected chi connectivity index (χ1v) is 15.0. The highest BCUT2D eigenvalue weighted by Crippen LogP contribution is 2.29. The summed E-state index contributed by atoms with van der Waals surface area (Å²) in [5.41, 5.74) is 1.79. The monoisotopic (exact) mass is 567 g/mol. The third kappa shape index (κ3) is 6.99. The van der Waals surface area contributed by atoms with Gasteiger partial charge in [-0.1, -0.05) is 73.0 Å². The lowest BCUT2D eigenvalue weighted by atomic mass is 10.1. The average Bonchev–Trinajstić information content (AvgIpc) is 3.44. The molecule has 0 heterocycles. The smallest absolute Gasteiger partial charge is 0.264 e. The van der Waals surface area contributed by atoms with Gasteiger partial charge in [-0.2, -0.15) is 0 Å². The number of carbonyl (C=O) groups is 2. The van der Waals surface area contributed by atoms with Crippen LogP contribution in [-0.2, 0) is 26.2 Å². The predicted octanol–water partition coefficient (Wildman–Crippen LogP) is 5.32. The number of nitrogens with zero attached hydrogens (tertiary/aromatic N) is 2. The van der Waals surface area contributed by atoms with Crippen molar-refractivity contribution in [3.63, 3.8) is 0 Å². The van der Waals surface area contributed by atoms with Gasteiger partial charge in [0.1, 0.15) is 12.6 Å². The SMILES string of the molecule is Cc1cc(Cl)ccc1N(CC(=O)N(Cc1ccccc1)[C@@H](C)C(=O)NC1CCCC1)S(=O)(=O)c1ccccc1. The molecular weight excluding hydrogens is 534 g/mol. The Hall–Kier alpha value is -3.36. The zero-order valence-electron chi connectivity index (χ0n) is 22.2. The van der Waals surface area contributed by atoms with E-state index in [0.717, 1.165) is 35.6 Å². The second-order valence-electron chi connectivity index (χ2n) is 9.93. The van der Waals surface area contributed by atoms with Crippen LogP contribution in [0.15, 0.2) is 83.8 Å². The number of benzene rings is 3. The van der Waals surface area contributed by atoms with Crippen molar-refractivity contribution < 1.29 is 18.0 Å². The van der Waals surface area contributed by atoms with Gasteiger partial charge in [0.15, 0.2) is 0 Å². The van der Waals surface area contributed by atoms with E-state index >= 15 is 0 Å². The summed E-state index contributed by atoms with van der Waals surface area (Å²) in [5.74, 6) is -0.729. The van der Waals surface area contributed by atoms with Gasteiger partial charge in [-0.3, -0.25) is 13.9 Å². The number of anilines is 1. The van der Waals surface area contributed by atoms with Crippen molar-refractivity contribution in [1.29, 1.82) is 0 Å². The molecule has 0 saturated heterocycles. The third-order valence-corrected chi connectivity index (χ3v) is 9.11. The number of carbonyl (C=O) groups excluding carboxylic acids is 2. The molecule has 1 atom stereocenters. The largest absolute Gasteiger partial charge is 0.352 e. The molecule has 0 radical (unpaired) electrons. The van der Waals surface area contributed by atoms with E-state index in [1.165, 1.54) is 17.0 Å². The third-order valence-electron chi connectivity index (χ3n) is 7.10. The van der Waals surface area contributed by atoms with Gasteiger partial charge < -0.3 is 10.2 Å². The number of rotatable bonds is 10. The van der Waals surface area contributed by atoms with E-state index in [0.29, 0.717) is 16.3 Å². The zero-order valence-corrected chi connectivity index (χ0v) is 23.8. The van der Waals surface area contributed by atoms with E-state index in [1.807, 2.05) is 30.3 Å². The number of aryl methyl sites for hydroxylation is 1. The Labute approximate surface area is 235 Å². The Kier molecular flexibility index (Phi) is 9.30. The molecule has 0 aromatic heterocycles. The summed E-state index contributed by atoms with van der Waals surface area (Å²) >= 11 is 6.16. The van der Waals surface area contributed by atoms with Crippen LogP contribution in [0.5, 0.6) is 0 Å². The molecule has 0 bridgehead atoms. The average molecular weight is 568 g/mol. The molecule has 1 fully saturated rings. The van der Waals surface area contributed by atoms with E-state index in [2.05, 4.69) is 5.32 Å². The standard InChI is InChI=1S/C30H34ClN3O4S/c1-22-19-25(31)17-18-28(22)34(39(37,38)27-15-7-4-8-16-27)21-29(35)33(20-24-11-5-3-6-12-24)23(2)30(36)32-26-13-9-10-14-26/h3-8,11-12,15-19,23,26H,9-10,13-14,20-21H2,1-2H3,(H,32,36)/t23-/m0/s1. The van der Waals surface area contributed by atoms with Crippen LogP contribution in [0.4, 0.5) is 5.69 Å². The highest BCUT2D eigenvalue weighted by Gasteiger charge is 2.33. The van der Waals surface area contributed by atoms with E-state index in [-0.39, 0.29) is 23.4 Å². The van der Waals surface area contributed by atoms with Crippen LogP contribution in [0.2, 0.25) is 5.02 Å². The van der Waals surface area contributed by atoms with Crippen LogP contribution in [0.25, 0.3) is 0 Å². The molecule has 1 aliphatic rings. The Morgan fingerprint density at radius 3 is 2.21 bits per heavy atom. The number of halogens is 1. The zero-order chi connectivity index (χ0) is 28.0. The van der Waals surface area contributed by atoms with Gasteiger partial charge in [-0.05, 0) is 68.1 Å². The molecule has 3 aromatic carbocycles. The summed E-state index contributed by atoms with van der Waals surface area (Å²) in [5, 5.41) is 3.54. The van der Waals surface area contributed by atoms with Gasteiger partial charge in [0.05, 0.1) is 10.6 Å². The molecule has 1 aliphatic carbocycles. The minimum absolute atomic E-state index is 0.0637. The molecule has 0 spiro atoms. The summed E-state index contributed by atoms with van der Waals surface area (Å²) < 4.78 is 28.8. The number of nitrogens with one attached hydrogen (secondary N) is 1. The number of hydrogen-bond donors (Lipinski definition) is 1. The fourth-order valence-electron chi connectivity index (χ4n) is 4.89. The van der Waals surface area contributed by atoms with Crippen LogP contribution in [0.1, 0.15) is 43.7 Å². The van der Waals surface area contributed by atoms with Gasteiger partial charge in [-0.25, -0.2) is 8.42 Å². The van der Waals surface area contributed by atoms with Gasteiger partial charge in [0.25, 0.3) is 10.0 Å². The van der Waals surface area contributed by atoms with E-state index in [9.17, 15) is 18.0 Å². The molecule has 0 aliphatic heterocycles. The predicted molar refractivity (Wildman–Crippen MR) is 154 cm³/mol. The summed E-state index contributed by atoms with van der Waals surface area (Å²) in [6.07, 6.45) is 3.98. The molecule has 2 amide bonds. The van der Waals surface area contributed by atoms with Crippen molar-refractivity contribution in [2.45, 2.75) is 63.1 Å². The second-order valence-corrected chi connectivity index (χ2v) is 12.2. The summed E-state index contributed by atoms with van der Waals surface area (Å²) in [6.45, 7) is 3.12. The highest BCUT2D eigenvalue weighted by molar-refractivity contribution is 7.92. The first-order valence-electron chi connectivity index (χ1n) is 13.1. The Morgan fingerprint density at radius 2 is 1.59 bits per heavy atom. The van der Waals surface area contributed by atoms with E-state index in [1.54, 1.807) is 50.2 Å². The van der Waals surface area contributed by atoms with Crippen molar-refractivity contribution in [2.75, 3.05) is 10.8 Å². The molecule has 0 unspecified atom stereocenters. The first-order chi connectivity index (χ1) is 18.7. The molecule has 39 heavy (non-hydrogen) atoms. The van der Waals surface area contributed by atoms with Gasteiger partial charge in [0, 0.05) is 17.6 Å². The number of amides is 2. The van der Waals surface area contributed by atoms with Gasteiger partial charge in [-0.15, -0.1) is 0 Å². The molecule has 1 saturated carbocycles. The lowest BCUT2D eigenvalue weighted by Crippen LogP contribution is -2.52. The Balaban J connectivity index is 1.69. The normalized spacial score (nSPS) is 14.5. The minimum atomic E-state index is -4.11. The van der Waals surface area contributed by atoms with E-state index < -0.39 is 28.5 Å². The van der Waals surface area contributed by atoms with Crippen molar-refractivity contribution in [3.8, 4) is 0 Å². The van der Waals surface area contributed by atoms with Crippen molar-refractivity contribution in [2.24, 2.45) is 0 Å². The number of sulfonamides is 1. The fraction of sp³-hybridized carbons (Fsp3) is 0.333. The maximum Gasteiger partial charge on any atom is 0.264 e. The maximum absolute atomic E-state index is 14.0. The minimum Gasteiger partial charge on any atom is -0.352 e. The van der Waals surface area contributed by atoms with Crippen LogP contribution in [0.3, 0.4) is 0 Å². The van der Waals surface area contributed by atoms with Crippen LogP contribution < -0.4 is 9.62 Å². The van der Waals surface area contributed by atoms with Gasteiger partial charge >= 0.3 is 0 Å². The lowest BCUT2D eigenvalue weighted by Gasteiger charge is -2.33. The molecule has 3 aromatic rings. The van der Waals surface area contributed by atoms with Crippen molar-refractivity contribution in [3.05, 3.63) is 95.0 Å². The summed E-state index contributed by atoms with van der Waals surface area (Å²) in [6, 6.07) is 21.5. The maximum atomic E-state index is 14.0. The topological polar surface area (TPSA) is 86.8 Å². The van der Waals surface area contributed by atoms with Crippen molar-refractivity contribution in [1.82, 2.24) is 10.2 Å². The molecule has 1 N–H and O–H groups in total. The quantitative estimate of drug-likeness (QED) is 0.359. The Bertz CT molecular complexity index is 1390. The first kappa shape index (κ1) is 28.6. The molecule has 9 heteroatoms. The Morgan fingerprint density at radius 1 is 0.974 bits per heavy atom. The van der Waals surface area contributed by atoms with E-state index in [4.69, 9.17) is 11.6 Å². The lowest BCUT2D eigenvalue weighted by molar-refractivity contribution is -0.139.